The lowest BCUT2D eigenvalue weighted by Crippen LogP contribution is -2.26. The molecule has 0 aliphatic carbocycles. The molecule has 0 aliphatic rings. The Morgan fingerprint density at radius 3 is 2.45 bits per heavy atom. The van der Waals surface area contributed by atoms with Crippen molar-refractivity contribution in [3.8, 4) is 17.4 Å². The topological polar surface area (TPSA) is 71.5 Å². The molecule has 0 unspecified atom stereocenters. The van der Waals surface area contributed by atoms with Crippen LogP contribution in [-0.4, -0.2) is 22.5 Å². The first-order valence-electron chi connectivity index (χ1n) is 9.79. The Bertz CT molecular complexity index is 938. The van der Waals surface area contributed by atoms with Crippen LogP contribution in [0.3, 0.4) is 0 Å². The van der Waals surface area contributed by atoms with Crippen LogP contribution in [-0.2, 0) is 6.42 Å². The van der Waals surface area contributed by atoms with Gasteiger partial charge >= 0.3 is 0 Å². The third-order valence-electron chi connectivity index (χ3n) is 4.41. The molecule has 5 nitrogen and oxygen atoms in total. The van der Waals surface area contributed by atoms with E-state index in [0.717, 1.165) is 17.5 Å². The number of pyridine rings is 1. The van der Waals surface area contributed by atoms with E-state index in [9.17, 15) is 9.90 Å². The van der Waals surface area contributed by atoms with Crippen molar-refractivity contribution in [1.29, 1.82) is 0 Å². The van der Waals surface area contributed by atoms with Crippen molar-refractivity contribution >= 4 is 5.91 Å². The number of rotatable bonds is 8. The van der Waals surface area contributed by atoms with Crippen LogP contribution in [0.1, 0.15) is 41.9 Å². The molecule has 0 spiro atoms. The van der Waals surface area contributed by atoms with Gasteiger partial charge in [-0.1, -0.05) is 44.2 Å². The standard InChI is InChI=1S/C24H26N2O3/c1-17(2)12-13-25-24(28)22-15-19(14-18-6-4-3-5-7-18)16-23(26-22)29-21-10-8-20(27)9-11-21/h3-11,15-17,27H,12-14H2,1-2H3,(H,25,28). The number of aromatic nitrogens is 1. The minimum Gasteiger partial charge on any atom is -0.508 e. The van der Waals surface area contributed by atoms with Crippen LogP contribution in [0.4, 0.5) is 0 Å². The number of carbonyl (C=O) groups excluding carboxylic acids is 1. The van der Waals surface area contributed by atoms with E-state index in [2.05, 4.69) is 24.1 Å². The molecule has 0 saturated carbocycles. The average molecular weight is 390 g/mol. The zero-order chi connectivity index (χ0) is 20.6. The number of aromatic hydroxyl groups is 1. The van der Waals surface area contributed by atoms with E-state index in [1.807, 2.05) is 36.4 Å². The van der Waals surface area contributed by atoms with Crippen LogP contribution in [0.5, 0.6) is 17.4 Å². The second kappa shape index (κ2) is 9.73. The van der Waals surface area contributed by atoms with Gasteiger partial charge in [0.1, 0.15) is 17.2 Å². The summed E-state index contributed by atoms with van der Waals surface area (Å²) in [6.07, 6.45) is 1.58. The fraction of sp³-hybridized carbons (Fsp3) is 0.250. The predicted octanol–water partition coefficient (Wildman–Crippen LogP) is 4.95. The van der Waals surface area contributed by atoms with E-state index >= 15 is 0 Å². The number of nitrogens with zero attached hydrogens (tertiary/aromatic N) is 1. The van der Waals surface area contributed by atoms with Crippen LogP contribution in [0.25, 0.3) is 0 Å². The van der Waals surface area contributed by atoms with Crippen molar-refractivity contribution in [2.45, 2.75) is 26.7 Å². The number of ether oxygens (including phenoxy) is 1. The number of carbonyl (C=O) groups is 1. The minimum absolute atomic E-state index is 0.161. The highest BCUT2D eigenvalue weighted by atomic mass is 16.5. The van der Waals surface area contributed by atoms with Crippen LogP contribution in [0.2, 0.25) is 0 Å². The molecule has 1 heterocycles. The fourth-order valence-electron chi connectivity index (χ4n) is 2.86. The first-order chi connectivity index (χ1) is 14.0. The van der Waals surface area contributed by atoms with Crippen LogP contribution < -0.4 is 10.1 Å². The Morgan fingerprint density at radius 2 is 1.76 bits per heavy atom. The maximum atomic E-state index is 12.6. The smallest absolute Gasteiger partial charge is 0.270 e. The monoisotopic (exact) mass is 390 g/mol. The molecule has 0 aliphatic heterocycles. The normalized spacial score (nSPS) is 10.7. The molecule has 3 rings (SSSR count). The van der Waals surface area contributed by atoms with Crippen molar-refractivity contribution < 1.29 is 14.6 Å². The summed E-state index contributed by atoms with van der Waals surface area (Å²) in [4.78, 5) is 17.0. The van der Waals surface area contributed by atoms with E-state index in [-0.39, 0.29) is 11.7 Å². The molecule has 150 valence electrons. The number of hydrogen-bond donors (Lipinski definition) is 2. The van der Waals surface area contributed by atoms with Gasteiger partial charge in [0.15, 0.2) is 0 Å². The van der Waals surface area contributed by atoms with Crippen LogP contribution in [0.15, 0.2) is 66.7 Å². The SMILES string of the molecule is CC(C)CCNC(=O)c1cc(Cc2ccccc2)cc(Oc2ccc(O)cc2)n1. The zero-order valence-electron chi connectivity index (χ0n) is 16.8. The van der Waals surface area contributed by atoms with Gasteiger partial charge in [-0.15, -0.1) is 0 Å². The molecule has 0 bridgehead atoms. The third kappa shape index (κ3) is 6.35. The molecule has 2 aromatic carbocycles. The minimum atomic E-state index is -0.212. The highest BCUT2D eigenvalue weighted by Gasteiger charge is 2.13. The molecular weight excluding hydrogens is 364 g/mol. The fourth-order valence-corrected chi connectivity index (χ4v) is 2.86. The van der Waals surface area contributed by atoms with Crippen molar-refractivity contribution in [2.75, 3.05) is 6.54 Å². The summed E-state index contributed by atoms with van der Waals surface area (Å²) in [7, 11) is 0. The van der Waals surface area contributed by atoms with E-state index in [1.54, 1.807) is 30.3 Å². The third-order valence-corrected chi connectivity index (χ3v) is 4.41. The largest absolute Gasteiger partial charge is 0.508 e. The first kappa shape index (κ1) is 20.4. The van der Waals surface area contributed by atoms with Gasteiger partial charge in [0.05, 0.1) is 0 Å². The van der Waals surface area contributed by atoms with Gasteiger partial charge < -0.3 is 15.2 Å². The molecule has 0 fully saturated rings. The Morgan fingerprint density at radius 1 is 1.03 bits per heavy atom. The molecule has 3 aromatic rings. The summed E-state index contributed by atoms with van der Waals surface area (Å²) in [6.45, 7) is 4.85. The number of benzene rings is 2. The summed E-state index contributed by atoms with van der Waals surface area (Å²) < 4.78 is 5.84. The Kier molecular flexibility index (Phi) is 6.85. The van der Waals surface area contributed by atoms with Gasteiger partial charge in [-0.2, -0.15) is 0 Å². The molecular formula is C24H26N2O3. The van der Waals surface area contributed by atoms with Crippen LogP contribution >= 0.6 is 0 Å². The van der Waals surface area contributed by atoms with Gasteiger partial charge in [-0.25, -0.2) is 4.98 Å². The quantitative estimate of drug-likeness (QED) is 0.571. The number of phenols is 1. The molecule has 2 N–H and O–H groups in total. The Hall–Kier alpha value is -3.34. The molecule has 1 amide bonds. The second-order valence-electron chi connectivity index (χ2n) is 7.40. The van der Waals surface area contributed by atoms with Gasteiger partial charge in [0.25, 0.3) is 5.91 Å². The van der Waals surface area contributed by atoms with Gasteiger partial charge in [0.2, 0.25) is 5.88 Å². The van der Waals surface area contributed by atoms with Crippen molar-refractivity contribution in [1.82, 2.24) is 10.3 Å². The van der Waals surface area contributed by atoms with Crippen LogP contribution in [0, 0.1) is 5.92 Å². The molecule has 29 heavy (non-hydrogen) atoms. The second-order valence-corrected chi connectivity index (χ2v) is 7.40. The summed E-state index contributed by atoms with van der Waals surface area (Å²) in [5, 5.41) is 12.4. The van der Waals surface area contributed by atoms with Gasteiger partial charge in [-0.3, -0.25) is 4.79 Å². The lowest BCUT2D eigenvalue weighted by molar-refractivity contribution is 0.0946. The van der Waals surface area contributed by atoms with Gasteiger partial charge in [-0.05, 0) is 60.2 Å². The van der Waals surface area contributed by atoms with Crippen molar-refractivity contribution in [2.24, 2.45) is 5.92 Å². The Balaban J connectivity index is 1.84. The maximum absolute atomic E-state index is 12.6. The average Bonchev–Trinajstić information content (AvgIpc) is 2.70. The molecule has 1 aromatic heterocycles. The summed E-state index contributed by atoms with van der Waals surface area (Å²) in [5.41, 5.74) is 2.41. The van der Waals surface area contributed by atoms with E-state index in [4.69, 9.17) is 4.74 Å². The summed E-state index contributed by atoms with van der Waals surface area (Å²) in [5.74, 6) is 1.35. The summed E-state index contributed by atoms with van der Waals surface area (Å²) in [6, 6.07) is 20.1. The lowest BCUT2D eigenvalue weighted by atomic mass is 10.0. The highest BCUT2D eigenvalue weighted by Crippen LogP contribution is 2.24. The van der Waals surface area contributed by atoms with Crippen molar-refractivity contribution in [3.05, 3.63) is 83.6 Å². The molecule has 5 heteroatoms. The number of nitrogens with one attached hydrogen (secondary N) is 1. The Labute approximate surface area is 171 Å². The predicted molar refractivity (Wildman–Crippen MR) is 113 cm³/mol. The maximum Gasteiger partial charge on any atom is 0.270 e. The zero-order valence-corrected chi connectivity index (χ0v) is 16.8. The number of amides is 1. The molecule has 0 saturated heterocycles. The summed E-state index contributed by atoms with van der Waals surface area (Å²) >= 11 is 0. The van der Waals surface area contributed by atoms with Crippen molar-refractivity contribution in [3.63, 3.8) is 0 Å². The molecule has 0 atom stereocenters. The van der Waals surface area contributed by atoms with E-state index in [1.165, 1.54) is 0 Å². The molecule has 0 radical (unpaired) electrons. The lowest BCUT2D eigenvalue weighted by Gasteiger charge is -2.11. The first-order valence-corrected chi connectivity index (χ1v) is 9.79. The number of hydrogen-bond acceptors (Lipinski definition) is 4. The van der Waals surface area contributed by atoms with Gasteiger partial charge in [0, 0.05) is 12.6 Å². The van der Waals surface area contributed by atoms with E-state index in [0.29, 0.717) is 36.2 Å². The number of phenolic OH excluding ortho intramolecular Hbond substituents is 1. The van der Waals surface area contributed by atoms with E-state index < -0.39 is 0 Å². The highest BCUT2D eigenvalue weighted by molar-refractivity contribution is 5.92.